The minimum atomic E-state index is -0.478. The van der Waals surface area contributed by atoms with E-state index in [1.54, 1.807) is 29.2 Å². The zero-order valence-electron chi connectivity index (χ0n) is 15.6. The van der Waals surface area contributed by atoms with Gasteiger partial charge in [-0.3, -0.25) is 19.0 Å². The number of H-pyrrole nitrogens is 2. The lowest BCUT2D eigenvalue weighted by atomic mass is 10.2. The third-order valence-corrected chi connectivity index (χ3v) is 4.31. The Morgan fingerprint density at radius 1 is 1.17 bits per heavy atom. The Morgan fingerprint density at radius 2 is 1.97 bits per heavy atom. The molecule has 2 N–H and O–H groups in total. The Kier molecular flexibility index (Phi) is 4.83. The molecule has 146 valence electrons. The van der Waals surface area contributed by atoms with Gasteiger partial charge in [-0.1, -0.05) is 18.8 Å². The fourth-order valence-corrected chi connectivity index (χ4v) is 2.91. The van der Waals surface area contributed by atoms with Crippen molar-refractivity contribution in [3.63, 3.8) is 0 Å². The average molecular weight is 392 g/mol. The molecule has 0 aliphatic carbocycles. The van der Waals surface area contributed by atoms with Crippen LogP contribution in [0.5, 0.6) is 0 Å². The van der Waals surface area contributed by atoms with Crippen LogP contribution < -0.4 is 11.2 Å². The molecular formula is C20H17FN6O2. The van der Waals surface area contributed by atoms with E-state index in [1.807, 2.05) is 6.92 Å². The van der Waals surface area contributed by atoms with Gasteiger partial charge in [-0.05, 0) is 30.7 Å². The lowest BCUT2D eigenvalue weighted by Gasteiger charge is -2.00. The molecule has 0 aliphatic heterocycles. The molecule has 3 heterocycles. The molecule has 0 radical (unpaired) electrons. The molecule has 4 rings (SSSR count). The van der Waals surface area contributed by atoms with Crippen LogP contribution in [0.2, 0.25) is 0 Å². The Labute approximate surface area is 164 Å². The van der Waals surface area contributed by atoms with E-state index in [0.717, 1.165) is 4.57 Å². The molecule has 0 amide bonds. The lowest BCUT2D eigenvalue weighted by Crippen LogP contribution is -2.34. The van der Waals surface area contributed by atoms with E-state index in [0.29, 0.717) is 36.5 Å². The van der Waals surface area contributed by atoms with Gasteiger partial charge in [0, 0.05) is 18.3 Å². The van der Waals surface area contributed by atoms with Gasteiger partial charge in [-0.15, -0.1) is 0 Å². The first-order valence-electron chi connectivity index (χ1n) is 9.05. The van der Waals surface area contributed by atoms with Crippen LogP contribution in [0, 0.1) is 17.7 Å². The van der Waals surface area contributed by atoms with Gasteiger partial charge < -0.3 is 4.98 Å². The summed E-state index contributed by atoms with van der Waals surface area (Å²) in [6.07, 6.45) is 4.00. The molecule has 0 spiro atoms. The normalized spacial score (nSPS) is 10.8. The topological polar surface area (TPSA) is 101 Å². The molecule has 4 aromatic rings. The summed E-state index contributed by atoms with van der Waals surface area (Å²) in [6, 6.07) is 5.93. The second kappa shape index (κ2) is 7.59. The third kappa shape index (κ3) is 3.73. The molecule has 0 saturated carbocycles. The molecule has 3 aromatic heterocycles. The Bertz CT molecular complexity index is 1350. The molecule has 0 atom stereocenters. The van der Waals surface area contributed by atoms with E-state index in [2.05, 4.69) is 31.9 Å². The number of hydrogen-bond donors (Lipinski definition) is 2. The number of hydrogen-bond acceptors (Lipinski definition) is 4. The average Bonchev–Trinajstić information content (AvgIpc) is 3.34. The molecule has 0 bridgehead atoms. The van der Waals surface area contributed by atoms with E-state index in [4.69, 9.17) is 0 Å². The monoisotopic (exact) mass is 392 g/mol. The summed E-state index contributed by atoms with van der Waals surface area (Å²) in [6.45, 7) is 2.56. The van der Waals surface area contributed by atoms with Gasteiger partial charge in [0.1, 0.15) is 23.7 Å². The van der Waals surface area contributed by atoms with E-state index < -0.39 is 11.2 Å². The fraction of sp³-hybridized carbons (Fsp3) is 0.200. The van der Waals surface area contributed by atoms with Gasteiger partial charge >= 0.3 is 5.69 Å². The molecule has 29 heavy (non-hydrogen) atoms. The van der Waals surface area contributed by atoms with Crippen molar-refractivity contribution in [1.82, 2.24) is 29.3 Å². The predicted octanol–water partition coefficient (Wildman–Crippen LogP) is 1.88. The van der Waals surface area contributed by atoms with E-state index in [-0.39, 0.29) is 17.0 Å². The van der Waals surface area contributed by atoms with Gasteiger partial charge in [0.25, 0.3) is 5.56 Å². The first-order valence-corrected chi connectivity index (χ1v) is 9.05. The first kappa shape index (κ1) is 18.4. The number of rotatable bonds is 4. The van der Waals surface area contributed by atoms with Crippen LogP contribution in [-0.4, -0.2) is 29.3 Å². The van der Waals surface area contributed by atoms with E-state index in [1.165, 1.54) is 12.1 Å². The van der Waals surface area contributed by atoms with Gasteiger partial charge in [0.2, 0.25) is 0 Å². The molecule has 8 nitrogen and oxygen atoms in total. The fourth-order valence-electron chi connectivity index (χ4n) is 2.91. The Hall–Kier alpha value is -3.93. The maximum atomic E-state index is 12.9. The number of aromatic nitrogens is 6. The minimum absolute atomic E-state index is 0.214. The maximum absolute atomic E-state index is 12.9. The number of imidazole rings is 1. The summed E-state index contributed by atoms with van der Waals surface area (Å²) in [5, 5.41) is 4.23. The van der Waals surface area contributed by atoms with Crippen molar-refractivity contribution < 1.29 is 4.39 Å². The Balaban J connectivity index is 1.59. The minimum Gasteiger partial charge on any atom is -0.332 e. The van der Waals surface area contributed by atoms with Crippen molar-refractivity contribution in [2.45, 2.75) is 26.4 Å². The summed E-state index contributed by atoms with van der Waals surface area (Å²) in [4.78, 5) is 34.4. The molecule has 1 aromatic carbocycles. The summed E-state index contributed by atoms with van der Waals surface area (Å²) in [7, 11) is 0. The zero-order valence-corrected chi connectivity index (χ0v) is 15.6. The van der Waals surface area contributed by atoms with Crippen LogP contribution in [0.1, 0.15) is 18.9 Å². The van der Waals surface area contributed by atoms with Crippen LogP contribution >= 0.6 is 0 Å². The standard InChI is InChI=1S/C20H17FN6O2/c1-2-9-27-19(28)16-18(25-20(27)29)24-17(23-16)14-11-22-26(12-14)10-3-4-13-5-7-15(21)8-6-13/h5-8,11-12H,2,9-10H2,1H3,(H,23,24)(H,25,29). The van der Waals surface area contributed by atoms with E-state index >= 15 is 0 Å². The zero-order chi connectivity index (χ0) is 20.4. The summed E-state index contributed by atoms with van der Waals surface area (Å²) in [5.74, 6) is 6.03. The van der Waals surface area contributed by atoms with Crippen LogP contribution in [-0.2, 0) is 13.1 Å². The number of nitrogens with one attached hydrogen (secondary N) is 2. The number of halogens is 1. The molecule has 0 fully saturated rings. The number of benzene rings is 1. The van der Waals surface area contributed by atoms with Gasteiger partial charge in [-0.25, -0.2) is 14.2 Å². The number of fused-ring (bicyclic) bond motifs is 1. The number of aromatic amines is 2. The van der Waals surface area contributed by atoms with Crippen molar-refractivity contribution >= 4 is 11.2 Å². The lowest BCUT2D eigenvalue weighted by molar-refractivity contribution is 0.622. The highest BCUT2D eigenvalue weighted by Gasteiger charge is 2.13. The highest BCUT2D eigenvalue weighted by atomic mass is 19.1. The van der Waals surface area contributed by atoms with Gasteiger partial charge in [0.15, 0.2) is 5.65 Å². The third-order valence-electron chi connectivity index (χ3n) is 4.31. The van der Waals surface area contributed by atoms with Crippen molar-refractivity contribution in [2.75, 3.05) is 0 Å². The first-order chi connectivity index (χ1) is 14.0. The van der Waals surface area contributed by atoms with Crippen LogP contribution in [0.15, 0.2) is 46.2 Å². The number of nitrogens with zero attached hydrogens (tertiary/aromatic N) is 4. The molecule has 9 heteroatoms. The van der Waals surface area contributed by atoms with E-state index in [9.17, 15) is 14.0 Å². The summed E-state index contributed by atoms with van der Waals surface area (Å²) < 4.78 is 15.7. The van der Waals surface area contributed by atoms with Crippen LogP contribution in [0.25, 0.3) is 22.6 Å². The summed E-state index contributed by atoms with van der Waals surface area (Å²) in [5.41, 5.74) is 0.953. The predicted molar refractivity (Wildman–Crippen MR) is 106 cm³/mol. The van der Waals surface area contributed by atoms with Gasteiger partial charge in [0.05, 0.1) is 11.8 Å². The molecule has 0 aliphatic rings. The van der Waals surface area contributed by atoms with Crippen molar-refractivity contribution in [1.29, 1.82) is 0 Å². The second-order valence-corrected chi connectivity index (χ2v) is 6.43. The molecule has 0 saturated heterocycles. The quantitative estimate of drug-likeness (QED) is 0.518. The van der Waals surface area contributed by atoms with Crippen LogP contribution in [0.3, 0.4) is 0 Å². The summed E-state index contributed by atoms with van der Waals surface area (Å²) >= 11 is 0. The van der Waals surface area contributed by atoms with Crippen molar-refractivity contribution in [3.8, 4) is 23.2 Å². The molecule has 0 unspecified atom stereocenters. The van der Waals surface area contributed by atoms with Crippen molar-refractivity contribution in [3.05, 3.63) is 68.9 Å². The van der Waals surface area contributed by atoms with Crippen molar-refractivity contribution in [2.24, 2.45) is 0 Å². The highest BCUT2D eigenvalue weighted by molar-refractivity contribution is 5.74. The molecular weight excluding hydrogens is 375 g/mol. The Morgan fingerprint density at radius 3 is 2.72 bits per heavy atom. The largest absolute Gasteiger partial charge is 0.332 e. The maximum Gasteiger partial charge on any atom is 0.330 e. The SMILES string of the molecule is CCCn1c(=O)[nH]c2nc(-c3cnn(CC#Cc4ccc(F)cc4)c3)[nH]c2c1=O. The van der Waals surface area contributed by atoms with Crippen LogP contribution in [0.4, 0.5) is 4.39 Å². The highest BCUT2D eigenvalue weighted by Crippen LogP contribution is 2.16. The second-order valence-electron chi connectivity index (χ2n) is 6.43. The van der Waals surface area contributed by atoms with Gasteiger partial charge in [-0.2, -0.15) is 5.10 Å². The smallest absolute Gasteiger partial charge is 0.330 e.